The zero-order chi connectivity index (χ0) is 13.2. The largest absolute Gasteiger partial charge is 0.308 e. The minimum absolute atomic E-state index is 0.0918. The van der Waals surface area contributed by atoms with Crippen LogP contribution >= 0.6 is 11.6 Å². The fourth-order valence-corrected chi connectivity index (χ4v) is 1.80. The van der Waals surface area contributed by atoms with Gasteiger partial charge in [-0.15, -0.1) is 0 Å². The molecule has 0 unspecified atom stereocenters. The van der Waals surface area contributed by atoms with E-state index in [1.807, 2.05) is 30.5 Å². The summed E-state index contributed by atoms with van der Waals surface area (Å²) >= 11 is 5.90. The van der Waals surface area contributed by atoms with Crippen LogP contribution in [0.3, 0.4) is 0 Å². The van der Waals surface area contributed by atoms with Gasteiger partial charge < -0.3 is 5.32 Å². The van der Waals surface area contributed by atoms with Gasteiger partial charge in [0.05, 0.1) is 11.9 Å². The van der Waals surface area contributed by atoms with Crippen molar-refractivity contribution in [2.24, 2.45) is 0 Å². The Bertz CT molecular complexity index is 509. The third kappa shape index (κ3) is 3.34. The molecule has 3 nitrogen and oxygen atoms in total. The fraction of sp³-hybridized carbons (Fsp3) is 0.357. The highest BCUT2D eigenvalue weighted by atomic mass is 35.5. The van der Waals surface area contributed by atoms with E-state index in [2.05, 4.69) is 36.3 Å². The number of aromatic amines is 1. The number of aromatic nitrogens is 2. The molecule has 0 aliphatic carbocycles. The third-order valence-electron chi connectivity index (χ3n) is 2.66. The highest BCUT2D eigenvalue weighted by Gasteiger charge is 2.12. The molecule has 2 rings (SSSR count). The van der Waals surface area contributed by atoms with E-state index in [0.29, 0.717) is 0 Å². The zero-order valence-electron chi connectivity index (χ0n) is 10.9. The molecule has 0 aliphatic heterocycles. The summed E-state index contributed by atoms with van der Waals surface area (Å²) in [7, 11) is 0. The average Bonchev–Trinajstić information content (AvgIpc) is 2.75. The van der Waals surface area contributed by atoms with Crippen molar-refractivity contribution in [3.05, 3.63) is 41.0 Å². The topological polar surface area (TPSA) is 40.7 Å². The summed E-state index contributed by atoms with van der Waals surface area (Å²) in [6.07, 6.45) is 1.86. The minimum atomic E-state index is 0.0918. The third-order valence-corrected chi connectivity index (χ3v) is 2.91. The monoisotopic (exact) mass is 263 g/mol. The summed E-state index contributed by atoms with van der Waals surface area (Å²) in [5.74, 6) is 0. The van der Waals surface area contributed by atoms with Crippen molar-refractivity contribution in [1.82, 2.24) is 15.5 Å². The first kappa shape index (κ1) is 13.1. The SMILES string of the molecule is CC(C)(C)NCc1cn[nH]c1-c1ccc(Cl)cc1. The highest BCUT2D eigenvalue weighted by Crippen LogP contribution is 2.23. The molecule has 0 amide bonds. The Labute approximate surface area is 113 Å². The van der Waals surface area contributed by atoms with Gasteiger partial charge in [0.25, 0.3) is 0 Å². The van der Waals surface area contributed by atoms with Crippen molar-refractivity contribution in [1.29, 1.82) is 0 Å². The molecule has 2 aromatic rings. The molecule has 0 atom stereocenters. The van der Waals surface area contributed by atoms with Gasteiger partial charge in [0.15, 0.2) is 0 Å². The summed E-state index contributed by atoms with van der Waals surface area (Å²) < 4.78 is 0. The maximum Gasteiger partial charge on any atom is 0.0695 e. The molecule has 1 aromatic heterocycles. The molecule has 4 heteroatoms. The van der Waals surface area contributed by atoms with Gasteiger partial charge >= 0.3 is 0 Å². The van der Waals surface area contributed by atoms with E-state index in [9.17, 15) is 0 Å². The minimum Gasteiger partial charge on any atom is -0.308 e. The molecule has 1 aromatic carbocycles. The normalized spacial score (nSPS) is 11.8. The van der Waals surface area contributed by atoms with Crippen LogP contribution in [-0.2, 0) is 6.54 Å². The van der Waals surface area contributed by atoms with Crippen LogP contribution in [-0.4, -0.2) is 15.7 Å². The highest BCUT2D eigenvalue weighted by molar-refractivity contribution is 6.30. The number of H-pyrrole nitrogens is 1. The summed E-state index contributed by atoms with van der Waals surface area (Å²) in [4.78, 5) is 0. The number of nitrogens with one attached hydrogen (secondary N) is 2. The molecule has 18 heavy (non-hydrogen) atoms. The van der Waals surface area contributed by atoms with Gasteiger partial charge in [-0.05, 0) is 38.5 Å². The van der Waals surface area contributed by atoms with Gasteiger partial charge in [-0.3, -0.25) is 5.10 Å². The Hall–Kier alpha value is -1.32. The summed E-state index contributed by atoms with van der Waals surface area (Å²) in [5.41, 5.74) is 3.40. The van der Waals surface area contributed by atoms with Crippen LogP contribution in [0.25, 0.3) is 11.3 Å². The van der Waals surface area contributed by atoms with Crippen molar-refractivity contribution in [3.8, 4) is 11.3 Å². The second-order valence-corrected chi connectivity index (χ2v) is 5.82. The molecular weight excluding hydrogens is 246 g/mol. The Balaban J connectivity index is 2.20. The molecule has 0 fully saturated rings. The van der Waals surface area contributed by atoms with Crippen LogP contribution in [0.5, 0.6) is 0 Å². The van der Waals surface area contributed by atoms with Crippen LogP contribution in [0.1, 0.15) is 26.3 Å². The van der Waals surface area contributed by atoms with E-state index < -0.39 is 0 Å². The van der Waals surface area contributed by atoms with E-state index in [4.69, 9.17) is 11.6 Å². The van der Waals surface area contributed by atoms with Crippen molar-refractivity contribution in [2.45, 2.75) is 32.9 Å². The molecule has 0 saturated heterocycles. The lowest BCUT2D eigenvalue weighted by atomic mass is 10.1. The molecule has 96 valence electrons. The zero-order valence-corrected chi connectivity index (χ0v) is 11.7. The maximum absolute atomic E-state index is 5.90. The predicted octanol–water partition coefficient (Wildman–Crippen LogP) is 3.62. The predicted molar refractivity (Wildman–Crippen MR) is 75.6 cm³/mol. The molecule has 0 bridgehead atoms. The molecular formula is C14H18ClN3. The van der Waals surface area contributed by atoms with E-state index in [-0.39, 0.29) is 5.54 Å². The Kier molecular flexibility index (Phi) is 3.73. The maximum atomic E-state index is 5.90. The van der Waals surface area contributed by atoms with Gasteiger partial charge in [0.1, 0.15) is 0 Å². The van der Waals surface area contributed by atoms with Gasteiger partial charge in [0, 0.05) is 22.7 Å². The van der Waals surface area contributed by atoms with E-state index >= 15 is 0 Å². The molecule has 0 aliphatic rings. The molecule has 2 N–H and O–H groups in total. The number of benzene rings is 1. The molecule has 0 radical (unpaired) electrons. The number of hydrogen-bond donors (Lipinski definition) is 2. The van der Waals surface area contributed by atoms with E-state index in [0.717, 1.165) is 28.4 Å². The number of rotatable bonds is 3. The van der Waals surface area contributed by atoms with Crippen molar-refractivity contribution < 1.29 is 0 Å². The molecule has 1 heterocycles. The summed E-state index contributed by atoms with van der Waals surface area (Å²) in [5, 5.41) is 11.4. The van der Waals surface area contributed by atoms with Crippen LogP contribution < -0.4 is 5.32 Å². The van der Waals surface area contributed by atoms with Crippen LogP contribution in [0.15, 0.2) is 30.5 Å². The molecule has 0 spiro atoms. The number of hydrogen-bond acceptors (Lipinski definition) is 2. The number of nitrogens with zero attached hydrogens (tertiary/aromatic N) is 1. The Morgan fingerprint density at radius 2 is 1.89 bits per heavy atom. The van der Waals surface area contributed by atoms with Crippen LogP contribution in [0.2, 0.25) is 5.02 Å². The first-order valence-electron chi connectivity index (χ1n) is 5.99. The van der Waals surface area contributed by atoms with Crippen molar-refractivity contribution in [3.63, 3.8) is 0 Å². The average molecular weight is 264 g/mol. The van der Waals surface area contributed by atoms with Crippen molar-refractivity contribution >= 4 is 11.6 Å². The summed E-state index contributed by atoms with van der Waals surface area (Å²) in [6, 6.07) is 7.77. The lowest BCUT2D eigenvalue weighted by molar-refractivity contribution is 0.424. The second kappa shape index (κ2) is 5.12. The quantitative estimate of drug-likeness (QED) is 0.888. The second-order valence-electron chi connectivity index (χ2n) is 5.38. The fourth-order valence-electron chi connectivity index (χ4n) is 1.67. The Morgan fingerprint density at radius 1 is 1.22 bits per heavy atom. The van der Waals surface area contributed by atoms with Crippen LogP contribution in [0.4, 0.5) is 0 Å². The first-order valence-corrected chi connectivity index (χ1v) is 6.37. The number of halogens is 1. The van der Waals surface area contributed by atoms with E-state index in [1.54, 1.807) is 0 Å². The standard InChI is InChI=1S/C14H18ClN3/c1-14(2,3)16-8-11-9-17-18-13(11)10-4-6-12(15)7-5-10/h4-7,9,16H,8H2,1-3H3,(H,17,18). The van der Waals surface area contributed by atoms with Gasteiger partial charge in [-0.25, -0.2) is 0 Å². The molecule has 0 saturated carbocycles. The lowest BCUT2D eigenvalue weighted by Gasteiger charge is -2.20. The Morgan fingerprint density at radius 3 is 2.50 bits per heavy atom. The van der Waals surface area contributed by atoms with Gasteiger partial charge in [0.2, 0.25) is 0 Å². The first-order chi connectivity index (χ1) is 8.46. The van der Waals surface area contributed by atoms with Gasteiger partial charge in [-0.2, -0.15) is 5.10 Å². The summed E-state index contributed by atoms with van der Waals surface area (Å²) in [6.45, 7) is 7.23. The lowest BCUT2D eigenvalue weighted by Crippen LogP contribution is -2.35. The van der Waals surface area contributed by atoms with E-state index in [1.165, 1.54) is 0 Å². The van der Waals surface area contributed by atoms with Crippen molar-refractivity contribution in [2.75, 3.05) is 0 Å². The smallest absolute Gasteiger partial charge is 0.0695 e. The van der Waals surface area contributed by atoms with Crippen LogP contribution in [0, 0.1) is 0 Å². The van der Waals surface area contributed by atoms with Gasteiger partial charge in [-0.1, -0.05) is 23.7 Å².